The number of aromatic hydroxyl groups is 1. The molecule has 0 atom stereocenters. The summed E-state index contributed by atoms with van der Waals surface area (Å²) in [5, 5.41) is 9.25. The highest BCUT2D eigenvalue weighted by Crippen LogP contribution is 2.42. The summed E-state index contributed by atoms with van der Waals surface area (Å²) in [6.07, 6.45) is 10.9. The average Bonchev–Trinajstić information content (AvgIpc) is 2.56. The van der Waals surface area contributed by atoms with Crippen LogP contribution in [-0.2, 0) is 0 Å². The fourth-order valence-corrected chi connectivity index (χ4v) is 4.61. The summed E-state index contributed by atoms with van der Waals surface area (Å²) >= 11 is 0. The Bertz CT molecular complexity index is 527. The van der Waals surface area contributed by atoms with E-state index in [1.54, 1.807) is 6.07 Å². The van der Waals surface area contributed by atoms with Crippen LogP contribution >= 0.6 is 0 Å². The Morgan fingerprint density at radius 1 is 0.870 bits per heavy atom. The molecular formula is C20H28F2O. The second-order valence-electron chi connectivity index (χ2n) is 7.88. The molecule has 0 unspecified atom stereocenters. The molecule has 3 rings (SSSR count). The molecular weight excluding hydrogens is 294 g/mol. The first-order valence-electron chi connectivity index (χ1n) is 9.21. The molecule has 0 saturated heterocycles. The molecule has 0 amide bonds. The number of hydrogen-bond acceptors (Lipinski definition) is 1. The second-order valence-corrected chi connectivity index (χ2v) is 7.88. The van der Waals surface area contributed by atoms with Gasteiger partial charge in [-0.15, -0.1) is 0 Å². The van der Waals surface area contributed by atoms with Crippen molar-refractivity contribution in [1.82, 2.24) is 0 Å². The number of benzene rings is 1. The highest BCUT2D eigenvalue weighted by molar-refractivity contribution is 5.32. The minimum atomic E-state index is -1.10. The average molecular weight is 322 g/mol. The largest absolute Gasteiger partial charge is 0.505 e. The van der Waals surface area contributed by atoms with Gasteiger partial charge in [0, 0.05) is 0 Å². The van der Waals surface area contributed by atoms with Crippen molar-refractivity contribution in [2.45, 2.75) is 70.6 Å². The smallest absolute Gasteiger partial charge is 0.200 e. The Labute approximate surface area is 138 Å². The molecule has 23 heavy (non-hydrogen) atoms. The Morgan fingerprint density at radius 2 is 1.43 bits per heavy atom. The first-order chi connectivity index (χ1) is 11.0. The summed E-state index contributed by atoms with van der Waals surface area (Å²) in [5.74, 6) is 0.106. The molecule has 1 aromatic rings. The van der Waals surface area contributed by atoms with Crippen molar-refractivity contribution >= 4 is 0 Å². The van der Waals surface area contributed by atoms with E-state index in [-0.39, 0.29) is 5.92 Å². The normalized spacial score (nSPS) is 32.0. The standard InChI is InChI=1S/C20H28F2O/c1-13-2-4-14(5-3-13)12-15-6-8-16(9-7-15)17-10-11-18(23)20(22)19(17)21/h10-11,13-16,23H,2-9,12H2,1H3. The molecule has 1 nitrogen and oxygen atoms in total. The van der Waals surface area contributed by atoms with Crippen LogP contribution in [0.5, 0.6) is 5.75 Å². The molecule has 2 saturated carbocycles. The van der Waals surface area contributed by atoms with E-state index < -0.39 is 17.4 Å². The van der Waals surface area contributed by atoms with Crippen LogP contribution in [0.3, 0.4) is 0 Å². The van der Waals surface area contributed by atoms with Gasteiger partial charge in [-0.25, -0.2) is 4.39 Å². The number of hydrogen-bond donors (Lipinski definition) is 1. The van der Waals surface area contributed by atoms with Crippen LogP contribution in [0.1, 0.15) is 76.2 Å². The van der Waals surface area contributed by atoms with E-state index in [0.717, 1.165) is 43.4 Å². The van der Waals surface area contributed by atoms with Crippen LogP contribution in [0.2, 0.25) is 0 Å². The lowest BCUT2D eigenvalue weighted by Crippen LogP contribution is -2.20. The number of halogens is 2. The molecule has 2 aliphatic rings. The lowest BCUT2D eigenvalue weighted by atomic mass is 9.72. The summed E-state index contributed by atoms with van der Waals surface area (Å²) in [6, 6.07) is 2.84. The number of rotatable bonds is 3. The Kier molecular flexibility index (Phi) is 5.23. The van der Waals surface area contributed by atoms with E-state index >= 15 is 0 Å². The molecule has 0 radical (unpaired) electrons. The molecule has 0 aliphatic heterocycles. The number of phenols is 1. The van der Waals surface area contributed by atoms with Crippen LogP contribution in [0.4, 0.5) is 8.78 Å². The van der Waals surface area contributed by atoms with E-state index in [1.807, 2.05) is 0 Å². The predicted octanol–water partition coefficient (Wildman–Crippen LogP) is 6.16. The van der Waals surface area contributed by atoms with Crippen LogP contribution in [0, 0.1) is 29.4 Å². The Balaban J connectivity index is 1.53. The van der Waals surface area contributed by atoms with Gasteiger partial charge in [0.05, 0.1) is 0 Å². The van der Waals surface area contributed by atoms with Gasteiger partial charge < -0.3 is 5.11 Å². The van der Waals surface area contributed by atoms with E-state index in [4.69, 9.17) is 0 Å². The Hall–Kier alpha value is -1.12. The van der Waals surface area contributed by atoms with Crippen molar-refractivity contribution in [2.75, 3.05) is 0 Å². The molecule has 2 aliphatic carbocycles. The van der Waals surface area contributed by atoms with Gasteiger partial charge in [-0.05, 0) is 67.4 Å². The maximum Gasteiger partial charge on any atom is 0.200 e. The van der Waals surface area contributed by atoms with Crippen LogP contribution < -0.4 is 0 Å². The van der Waals surface area contributed by atoms with Crippen molar-refractivity contribution in [3.8, 4) is 5.75 Å². The second kappa shape index (κ2) is 7.19. The van der Waals surface area contributed by atoms with Crippen LogP contribution in [0.25, 0.3) is 0 Å². The summed E-state index contributed by atoms with van der Waals surface area (Å²) in [4.78, 5) is 0. The lowest BCUT2D eigenvalue weighted by molar-refractivity contribution is 0.210. The van der Waals surface area contributed by atoms with E-state index in [2.05, 4.69) is 6.92 Å². The van der Waals surface area contributed by atoms with Gasteiger partial charge in [0.25, 0.3) is 0 Å². The molecule has 0 spiro atoms. The molecule has 128 valence electrons. The number of phenolic OH excluding ortho intramolecular Hbond substituents is 1. The van der Waals surface area contributed by atoms with Gasteiger partial charge in [0.1, 0.15) is 0 Å². The summed E-state index contributed by atoms with van der Waals surface area (Å²) in [5.41, 5.74) is 0.449. The maximum atomic E-state index is 14.0. The van der Waals surface area contributed by atoms with E-state index in [1.165, 1.54) is 38.2 Å². The molecule has 1 N–H and O–H groups in total. The molecule has 3 heteroatoms. The zero-order valence-corrected chi connectivity index (χ0v) is 14.0. The Morgan fingerprint density at radius 3 is 2.04 bits per heavy atom. The molecule has 0 bridgehead atoms. The molecule has 0 aromatic heterocycles. The first-order valence-corrected chi connectivity index (χ1v) is 9.21. The quantitative estimate of drug-likeness (QED) is 0.706. The highest BCUT2D eigenvalue weighted by Gasteiger charge is 2.28. The first kappa shape index (κ1) is 16.7. The van der Waals surface area contributed by atoms with Gasteiger partial charge in [-0.3, -0.25) is 0 Å². The topological polar surface area (TPSA) is 20.2 Å². The van der Waals surface area contributed by atoms with Crippen molar-refractivity contribution < 1.29 is 13.9 Å². The minimum Gasteiger partial charge on any atom is -0.505 e. The van der Waals surface area contributed by atoms with Gasteiger partial charge in [-0.1, -0.05) is 38.7 Å². The van der Waals surface area contributed by atoms with E-state index in [0.29, 0.717) is 5.56 Å². The zero-order chi connectivity index (χ0) is 16.4. The summed E-state index contributed by atoms with van der Waals surface area (Å²) < 4.78 is 27.6. The lowest BCUT2D eigenvalue weighted by Gasteiger charge is -2.33. The van der Waals surface area contributed by atoms with Crippen molar-refractivity contribution in [3.63, 3.8) is 0 Å². The van der Waals surface area contributed by atoms with Gasteiger partial charge in [-0.2, -0.15) is 4.39 Å². The summed E-state index contributed by atoms with van der Waals surface area (Å²) in [6.45, 7) is 2.35. The van der Waals surface area contributed by atoms with Gasteiger partial charge in [0.15, 0.2) is 11.6 Å². The van der Waals surface area contributed by atoms with Crippen LogP contribution in [-0.4, -0.2) is 5.11 Å². The molecule has 0 heterocycles. The van der Waals surface area contributed by atoms with Gasteiger partial charge in [0.2, 0.25) is 5.82 Å². The summed E-state index contributed by atoms with van der Waals surface area (Å²) in [7, 11) is 0. The molecule has 2 fully saturated rings. The fourth-order valence-electron chi connectivity index (χ4n) is 4.61. The third-order valence-electron chi connectivity index (χ3n) is 6.18. The highest BCUT2D eigenvalue weighted by atomic mass is 19.2. The van der Waals surface area contributed by atoms with E-state index in [9.17, 15) is 13.9 Å². The third-order valence-corrected chi connectivity index (χ3v) is 6.18. The predicted molar refractivity (Wildman–Crippen MR) is 88.5 cm³/mol. The maximum absolute atomic E-state index is 14.0. The third kappa shape index (κ3) is 3.87. The van der Waals surface area contributed by atoms with Crippen molar-refractivity contribution in [3.05, 3.63) is 29.3 Å². The SMILES string of the molecule is CC1CCC(CC2CCC(c3ccc(O)c(F)c3F)CC2)CC1. The van der Waals surface area contributed by atoms with Crippen molar-refractivity contribution in [1.29, 1.82) is 0 Å². The minimum absolute atomic E-state index is 0.104. The van der Waals surface area contributed by atoms with Crippen molar-refractivity contribution in [2.24, 2.45) is 17.8 Å². The zero-order valence-electron chi connectivity index (χ0n) is 14.0. The molecule has 1 aromatic carbocycles. The van der Waals surface area contributed by atoms with Crippen LogP contribution in [0.15, 0.2) is 12.1 Å². The fraction of sp³-hybridized carbons (Fsp3) is 0.700. The monoisotopic (exact) mass is 322 g/mol. The van der Waals surface area contributed by atoms with Gasteiger partial charge >= 0.3 is 0 Å².